The van der Waals surface area contributed by atoms with Crippen molar-refractivity contribution in [2.24, 2.45) is 0 Å². The minimum Gasteiger partial charge on any atom is -0.0907 e. The molecule has 0 fully saturated rings. The first kappa shape index (κ1) is 7.75. The Labute approximate surface area is 64.4 Å². The Morgan fingerprint density at radius 3 is 2.80 bits per heavy atom. The molecule has 1 rings (SSSR count). The highest BCUT2D eigenvalue weighted by atomic mass is 31.1. The summed E-state index contributed by atoms with van der Waals surface area (Å²) in [4.78, 5) is 0. The van der Waals surface area contributed by atoms with Gasteiger partial charge in [-0.25, -0.2) is 0 Å². The van der Waals surface area contributed by atoms with Crippen molar-refractivity contribution in [2.45, 2.75) is 13.8 Å². The van der Waals surface area contributed by atoms with Crippen LogP contribution < -0.4 is 5.30 Å². The molecule has 0 saturated heterocycles. The number of hydrogen-bond acceptors (Lipinski definition) is 0. The average Bonchev–Trinajstić information content (AvgIpc) is 1.88. The molecule has 0 aliphatic rings. The fourth-order valence-corrected chi connectivity index (χ4v) is 1.91. The maximum absolute atomic E-state index is 2.27. The second kappa shape index (κ2) is 3.73. The van der Waals surface area contributed by atoms with Gasteiger partial charge in [-0.3, -0.25) is 0 Å². The number of rotatable bonds is 2. The summed E-state index contributed by atoms with van der Waals surface area (Å²) in [6, 6.07) is 8.74. The van der Waals surface area contributed by atoms with Crippen molar-refractivity contribution in [1.29, 1.82) is 0 Å². The average molecular weight is 152 g/mol. The van der Waals surface area contributed by atoms with E-state index in [4.69, 9.17) is 0 Å². The van der Waals surface area contributed by atoms with Gasteiger partial charge in [0, 0.05) is 0 Å². The van der Waals surface area contributed by atoms with Crippen LogP contribution in [0.2, 0.25) is 0 Å². The molecule has 0 aliphatic carbocycles. The van der Waals surface area contributed by atoms with Crippen LogP contribution in [0.3, 0.4) is 0 Å². The first-order chi connectivity index (χ1) is 4.83. The molecule has 0 spiro atoms. The van der Waals surface area contributed by atoms with Crippen LogP contribution in [0, 0.1) is 6.92 Å². The molecule has 0 radical (unpaired) electrons. The second-order valence-corrected chi connectivity index (χ2v) is 4.04. The van der Waals surface area contributed by atoms with Gasteiger partial charge in [0.2, 0.25) is 0 Å². The van der Waals surface area contributed by atoms with Gasteiger partial charge in [0.25, 0.3) is 0 Å². The Morgan fingerprint density at radius 2 is 2.20 bits per heavy atom. The zero-order valence-corrected chi connectivity index (χ0v) is 7.52. The van der Waals surface area contributed by atoms with Crippen LogP contribution in [0.5, 0.6) is 0 Å². The van der Waals surface area contributed by atoms with Gasteiger partial charge in [-0.1, -0.05) is 45.3 Å². The minimum absolute atomic E-state index is 0.984. The van der Waals surface area contributed by atoms with E-state index in [2.05, 4.69) is 38.1 Å². The number of hydrogen-bond donors (Lipinski definition) is 0. The van der Waals surface area contributed by atoms with E-state index in [-0.39, 0.29) is 0 Å². The first-order valence-corrected chi connectivity index (χ1v) is 4.84. The summed E-state index contributed by atoms with van der Waals surface area (Å²) < 4.78 is 0. The monoisotopic (exact) mass is 152 g/mol. The smallest absolute Gasteiger partial charge is 0.0269 e. The minimum atomic E-state index is 0.984. The van der Waals surface area contributed by atoms with Crippen molar-refractivity contribution in [3.05, 3.63) is 29.8 Å². The molecule has 0 aliphatic heterocycles. The Kier molecular flexibility index (Phi) is 2.89. The summed E-state index contributed by atoms with van der Waals surface area (Å²) in [5.74, 6) is 0. The molecule has 10 heavy (non-hydrogen) atoms. The van der Waals surface area contributed by atoms with E-state index < -0.39 is 0 Å². The SMILES string of the molecule is CCPc1cccc(C)c1. The third kappa shape index (κ3) is 2.11. The Bertz CT molecular complexity index is 206. The third-order valence-electron chi connectivity index (χ3n) is 1.40. The quantitative estimate of drug-likeness (QED) is 0.570. The van der Waals surface area contributed by atoms with Crippen molar-refractivity contribution in [2.75, 3.05) is 6.16 Å². The van der Waals surface area contributed by atoms with Crippen LogP contribution in [0.15, 0.2) is 24.3 Å². The molecule has 0 heterocycles. The molecule has 0 amide bonds. The predicted octanol–water partition coefficient (Wildman–Crippen LogP) is 2.32. The second-order valence-electron chi connectivity index (χ2n) is 2.40. The molecule has 0 saturated carbocycles. The topological polar surface area (TPSA) is 0 Å². The van der Waals surface area contributed by atoms with Gasteiger partial charge in [-0.2, -0.15) is 0 Å². The van der Waals surface area contributed by atoms with E-state index in [1.807, 2.05) is 0 Å². The highest BCUT2D eigenvalue weighted by Gasteiger charge is 1.88. The van der Waals surface area contributed by atoms with Gasteiger partial charge in [0.1, 0.15) is 0 Å². The summed E-state index contributed by atoms with van der Waals surface area (Å²) in [7, 11) is 0.984. The molecule has 0 nitrogen and oxygen atoms in total. The van der Waals surface area contributed by atoms with E-state index in [9.17, 15) is 0 Å². The Hall–Kier alpha value is -0.350. The zero-order chi connectivity index (χ0) is 7.40. The van der Waals surface area contributed by atoms with Crippen LogP contribution in [-0.4, -0.2) is 6.16 Å². The molecule has 0 aromatic heterocycles. The molecule has 0 N–H and O–H groups in total. The van der Waals surface area contributed by atoms with Crippen LogP contribution in [0.4, 0.5) is 0 Å². The lowest BCUT2D eigenvalue weighted by molar-refractivity contribution is 1.48. The van der Waals surface area contributed by atoms with Crippen molar-refractivity contribution in [3.8, 4) is 0 Å². The third-order valence-corrected chi connectivity index (χ3v) is 2.47. The zero-order valence-electron chi connectivity index (χ0n) is 6.52. The van der Waals surface area contributed by atoms with E-state index in [0.717, 1.165) is 8.58 Å². The molecule has 1 unspecified atom stereocenters. The summed E-state index contributed by atoms with van der Waals surface area (Å²) in [5, 5.41) is 1.49. The van der Waals surface area contributed by atoms with Crippen LogP contribution in [0.25, 0.3) is 0 Å². The van der Waals surface area contributed by atoms with Crippen LogP contribution in [-0.2, 0) is 0 Å². The Morgan fingerprint density at radius 1 is 1.40 bits per heavy atom. The molecule has 54 valence electrons. The molecule has 1 aromatic carbocycles. The molecule has 1 heteroatoms. The maximum atomic E-state index is 2.27. The molecular formula is C9H13P. The van der Waals surface area contributed by atoms with E-state index in [1.54, 1.807) is 0 Å². The molecule has 1 atom stereocenters. The van der Waals surface area contributed by atoms with E-state index in [1.165, 1.54) is 17.0 Å². The van der Waals surface area contributed by atoms with Crippen LogP contribution >= 0.6 is 8.58 Å². The summed E-state index contributed by atoms with van der Waals surface area (Å²) in [6.45, 7) is 4.37. The van der Waals surface area contributed by atoms with E-state index in [0.29, 0.717) is 0 Å². The predicted molar refractivity (Wildman–Crippen MR) is 49.7 cm³/mol. The summed E-state index contributed by atoms with van der Waals surface area (Å²) in [5.41, 5.74) is 1.37. The van der Waals surface area contributed by atoms with Gasteiger partial charge in [-0.05, 0) is 18.4 Å². The van der Waals surface area contributed by atoms with Gasteiger partial charge >= 0.3 is 0 Å². The van der Waals surface area contributed by atoms with Crippen molar-refractivity contribution in [1.82, 2.24) is 0 Å². The fraction of sp³-hybridized carbons (Fsp3) is 0.333. The van der Waals surface area contributed by atoms with Crippen molar-refractivity contribution >= 4 is 13.9 Å². The molecule has 0 bridgehead atoms. The fourth-order valence-electron chi connectivity index (χ4n) is 0.959. The maximum Gasteiger partial charge on any atom is -0.0269 e. The lowest BCUT2D eigenvalue weighted by Crippen LogP contribution is -1.93. The van der Waals surface area contributed by atoms with Crippen molar-refractivity contribution in [3.63, 3.8) is 0 Å². The van der Waals surface area contributed by atoms with Gasteiger partial charge in [0.05, 0.1) is 0 Å². The normalized spacial score (nSPS) is 11.0. The Balaban J connectivity index is 2.75. The van der Waals surface area contributed by atoms with Crippen molar-refractivity contribution < 1.29 is 0 Å². The highest BCUT2D eigenvalue weighted by Crippen LogP contribution is 2.09. The number of benzene rings is 1. The van der Waals surface area contributed by atoms with Gasteiger partial charge < -0.3 is 0 Å². The van der Waals surface area contributed by atoms with E-state index >= 15 is 0 Å². The largest absolute Gasteiger partial charge is 0.0907 e. The standard InChI is InChI=1S/C9H13P/c1-3-10-9-6-4-5-8(2)7-9/h4-7,10H,3H2,1-2H3. The summed E-state index contributed by atoms with van der Waals surface area (Å²) in [6.07, 6.45) is 1.27. The van der Waals surface area contributed by atoms with Gasteiger partial charge in [-0.15, -0.1) is 0 Å². The molecule has 1 aromatic rings. The van der Waals surface area contributed by atoms with Crippen LogP contribution in [0.1, 0.15) is 12.5 Å². The first-order valence-electron chi connectivity index (χ1n) is 3.63. The lowest BCUT2D eigenvalue weighted by Gasteiger charge is -1.98. The lowest BCUT2D eigenvalue weighted by atomic mass is 10.2. The highest BCUT2D eigenvalue weighted by molar-refractivity contribution is 7.47. The molecular weight excluding hydrogens is 139 g/mol. The number of aryl methyl sites for hydroxylation is 1. The summed E-state index contributed by atoms with van der Waals surface area (Å²) >= 11 is 0. The van der Waals surface area contributed by atoms with Gasteiger partial charge in [0.15, 0.2) is 0 Å².